The zero-order valence-corrected chi connectivity index (χ0v) is 15.7. The van der Waals surface area contributed by atoms with E-state index in [0.717, 1.165) is 4.90 Å². The number of ether oxygens (including phenoxy) is 1. The minimum atomic E-state index is -1.00. The quantitative estimate of drug-likeness (QED) is 0.570. The molecule has 0 saturated carbocycles. The van der Waals surface area contributed by atoms with Gasteiger partial charge in [-0.1, -0.05) is 44.5 Å². The fourth-order valence-corrected chi connectivity index (χ4v) is 3.25. The Morgan fingerprint density at radius 1 is 1.11 bits per heavy atom. The first-order chi connectivity index (χ1) is 13.5. The topological polar surface area (TPSA) is 87.5 Å². The highest BCUT2D eigenvalue weighted by atomic mass is 16.5. The lowest BCUT2D eigenvalue weighted by atomic mass is 9.97. The van der Waals surface area contributed by atoms with Gasteiger partial charge in [0.2, 0.25) is 0 Å². The highest BCUT2D eigenvalue weighted by Gasteiger charge is 2.45. The van der Waals surface area contributed by atoms with Gasteiger partial charge in [0.15, 0.2) is 0 Å². The van der Waals surface area contributed by atoms with Crippen LogP contribution in [0.1, 0.15) is 52.1 Å². The van der Waals surface area contributed by atoms with E-state index < -0.39 is 23.8 Å². The van der Waals surface area contributed by atoms with E-state index in [0.29, 0.717) is 28.7 Å². The highest BCUT2D eigenvalue weighted by Crippen LogP contribution is 2.28. The predicted octanol–water partition coefficient (Wildman–Crippen LogP) is 3.31. The third kappa shape index (κ3) is 3.52. The fourth-order valence-electron chi connectivity index (χ4n) is 3.25. The van der Waals surface area contributed by atoms with Gasteiger partial charge in [0.1, 0.15) is 12.6 Å². The summed E-state index contributed by atoms with van der Waals surface area (Å²) in [7, 11) is 0. The summed E-state index contributed by atoms with van der Waals surface area (Å²) in [4.78, 5) is 39.5. The summed E-state index contributed by atoms with van der Waals surface area (Å²) >= 11 is 0. The molecule has 1 aliphatic rings. The molecule has 0 unspecified atom stereocenters. The van der Waals surface area contributed by atoms with Gasteiger partial charge >= 0.3 is 5.97 Å². The fraction of sp³-hybridized carbons (Fsp3) is 0.273. The van der Waals surface area contributed by atoms with Gasteiger partial charge in [0.25, 0.3) is 11.8 Å². The van der Waals surface area contributed by atoms with E-state index in [4.69, 9.17) is 10.00 Å². The van der Waals surface area contributed by atoms with Crippen LogP contribution in [0.3, 0.4) is 0 Å². The molecule has 28 heavy (non-hydrogen) atoms. The summed E-state index contributed by atoms with van der Waals surface area (Å²) in [6.07, 6.45) is 0.594. The lowest BCUT2D eigenvalue weighted by Crippen LogP contribution is -2.49. The molecule has 3 rings (SSSR count). The van der Waals surface area contributed by atoms with E-state index >= 15 is 0 Å². The summed E-state index contributed by atoms with van der Waals surface area (Å²) in [6, 6.07) is 14.3. The zero-order chi connectivity index (χ0) is 20.3. The Morgan fingerprint density at radius 2 is 1.75 bits per heavy atom. The second-order valence-electron chi connectivity index (χ2n) is 6.78. The average Bonchev–Trinajstić information content (AvgIpc) is 2.98. The predicted molar refractivity (Wildman–Crippen MR) is 101 cm³/mol. The standard InChI is InChI=1S/C22H20N2O4/c1-3-14(2)19(22(27)28-13-16-8-6-7-15(11-16)12-23)24-20(25)17-9-4-5-10-18(17)21(24)26/h4-11,14,19H,3,13H2,1-2H3/t14-,19-/m1/s1. The maximum absolute atomic E-state index is 12.9. The minimum Gasteiger partial charge on any atom is -0.459 e. The lowest BCUT2D eigenvalue weighted by Gasteiger charge is -2.29. The van der Waals surface area contributed by atoms with Crippen molar-refractivity contribution in [3.63, 3.8) is 0 Å². The van der Waals surface area contributed by atoms with Crippen LogP contribution in [0.25, 0.3) is 0 Å². The second-order valence-corrected chi connectivity index (χ2v) is 6.78. The first kappa shape index (κ1) is 19.3. The van der Waals surface area contributed by atoms with Crippen molar-refractivity contribution in [2.75, 3.05) is 0 Å². The molecule has 0 aromatic heterocycles. The zero-order valence-electron chi connectivity index (χ0n) is 15.7. The number of benzene rings is 2. The molecule has 0 N–H and O–H groups in total. The molecule has 1 aliphatic heterocycles. The average molecular weight is 376 g/mol. The van der Waals surface area contributed by atoms with Crippen LogP contribution in [-0.4, -0.2) is 28.7 Å². The number of hydrogen-bond acceptors (Lipinski definition) is 5. The summed E-state index contributed by atoms with van der Waals surface area (Å²) < 4.78 is 5.43. The van der Waals surface area contributed by atoms with E-state index in [1.807, 2.05) is 19.9 Å². The number of imide groups is 1. The van der Waals surface area contributed by atoms with Crippen molar-refractivity contribution < 1.29 is 19.1 Å². The Balaban J connectivity index is 1.83. The summed E-state index contributed by atoms with van der Waals surface area (Å²) in [5, 5.41) is 8.98. The van der Waals surface area contributed by atoms with E-state index in [-0.39, 0.29) is 12.5 Å². The van der Waals surface area contributed by atoms with Crippen molar-refractivity contribution in [3.05, 3.63) is 70.8 Å². The Kier molecular flexibility index (Phi) is 5.55. The second kappa shape index (κ2) is 8.05. The summed E-state index contributed by atoms with van der Waals surface area (Å²) in [5.41, 5.74) is 1.73. The van der Waals surface area contributed by atoms with Crippen molar-refractivity contribution >= 4 is 17.8 Å². The van der Waals surface area contributed by atoms with Crippen molar-refractivity contribution in [1.82, 2.24) is 4.90 Å². The number of nitriles is 1. The van der Waals surface area contributed by atoms with Crippen LogP contribution >= 0.6 is 0 Å². The van der Waals surface area contributed by atoms with Gasteiger partial charge in [-0.3, -0.25) is 14.5 Å². The summed E-state index contributed by atoms with van der Waals surface area (Å²) in [5.74, 6) is -1.85. The highest BCUT2D eigenvalue weighted by molar-refractivity contribution is 6.22. The normalized spacial score (nSPS) is 15.0. The largest absolute Gasteiger partial charge is 0.459 e. The van der Waals surface area contributed by atoms with Gasteiger partial charge in [-0.25, -0.2) is 4.79 Å². The van der Waals surface area contributed by atoms with E-state index in [9.17, 15) is 14.4 Å². The molecule has 0 fully saturated rings. The Bertz CT molecular complexity index is 941. The Morgan fingerprint density at radius 3 is 2.32 bits per heavy atom. The first-order valence-electron chi connectivity index (χ1n) is 9.10. The van der Waals surface area contributed by atoms with Gasteiger partial charge < -0.3 is 4.74 Å². The van der Waals surface area contributed by atoms with Gasteiger partial charge in [-0.05, 0) is 35.7 Å². The van der Waals surface area contributed by atoms with Crippen LogP contribution < -0.4 is 0 Å². The molecule has 6 nitrogen and oxygen atoms in total. The van der Waals surface area contributed by atoms with Crippen LogP contribution in [-0.2, 0) is 16.1 Å². The third-order valence-electron chi connectivity index (χ3n) is 4.97. The molecule has 0 saturated heterocycles. The molecule has 0 radical (unpaired) electrons. The number of rotatable bonds is 6. The molecule has 2 aromatic carbocycles. The first-order valence-corrected chi connectivity index (χ1v) is 9.10. The number of carbonyl (C=O) groups excluding carboxylic acids is 3. The molecule has 142 valence electrons. The number of amides is 2. The molecular weight excluding hydrogens is 356 g/mol. The number of carbonyl (C=O) groups is 3. The van der Waals surface area contributed by atoms with Crippen LogP contribution in [0.4, 0.5) is 0 Å². The number of nitrogens with zero attached hydrogens (tertiary/aromatic N) is 2. The Labute approximate surface area is 163 Å². The maximum Gasteiger partial charge on any atom is 0.329 e. The minimum absolute atomic E-state index is 0.0372. The number of hydrogen-bond donors (Lipinski definition) is 0. The monoisotopic (exact) mass is 376 g/mol. The summed E-state index contributed by atoms with van der Waals surface area (Å²) in [6.45, 7) is 3.66. The molecule has 0 bridgehead atoms. The lowest BCUT2D eigenvalue weighted by molar-refractivity contribution is -0.151. The van der Waals surface area contributed by atoms with Gasteiger partial charge in [0.05, 0.1) is 22.8 Å². The molecule has 0 aliphatic carbocycles. The molecule has 6 heteroatoms. The van der Waals surface area contributed by atoms with Crippen LogP contribution in [0.15, 0.2) is 48.5 Å². The SMILES string of the molecule is CC[C@@H](C)[C@H](C(=O)OCc1cccc(C#N)c1)N1C(=O)c2ccccc2C1=O. The van der Waals surface area contributed by atoms with Crippen LogP contribution in [0, 0.1) is 17.2 Å². The molecule has 2 atom stereocenters. The van der Waals surface area contributed by atoms with E-state index in [1.54, 1.807) is 48.5 Å². The van der Waals surface area contributed by atoms with E-state index in [2.05, 4.69) is 0 Å². The third-order valence-corrected chi connectivity index (χ3v) is 4.97. The van der Waals surface area contributed by atoms with Gasteiger partial charge in [0, 0.05) is 0 Å². The molecule has 2 amide bonds. The molecule has 2 aromatic rings. The van der Waals surface area contributed by atoms with E-state index in [1.165, 1.54) is 0 Å². The number of fused-ring (bicyclic) bond motifs is 1. The van der Waals surface area contributed by atoms with Crippen LogP contribution in [0.2, 0.25) is 0 Å². The van der Waals surface area contributed by atoms with Crippen molar-refractivity contribution in [2.24, 2.45) is 5.92 Å². The van der Waals surface area contributed by atoms with Crippen molar-refractivity contribution in [3.8, 4) is 6.07 Å². The number of esters is 1. The van der Waals surface area contributed by atoms with Crippen LogP contribution in [0.5, 0.6) is 0 Å². The van der Waals surface area contributed by atoms with Crippen molar-refractivity contribution in [1.29, 1.82) is 5.26 Å². The van der Waals surface area contributed by atoms with Crippen molar-refractivity contribution in [2.45, 2.75) is 32.9 Å². The molecular formula is C22H20N2O4. The van der Waals surface area contributed by atoms with Gasteiger partial charge in [-0.15, -0.1) is 0 Å². The molecule has 0 spiro atoms. The maximum atomic E-state index is 12.9. The smallest absolute Gasteiger partial charge is 0.329 e. The molecule has 1 heterocycles. The van der Waals surface area contributed by atoms with Gasteiger partial charge in [-0.2, -0.15) is 5.26 Å². The Hall–Kier alpha value is -3.46.